The molecule has 1 N–H and O–H groups in total. The minimum atomic E-state index is -4.52. The number of aliphatic hydroxyl groups excluding tert-OH is 1. The van der Waals surface area contributed by atoms with Crippen molar-refractivity contribution in [2.24, 2.45) is 5.92 Å². The molecule has 3 nitrogen and oxygen atoms in total. The molecule has 1 aliphatic heterocycles. The summed E-state index contributed by atoms with van der Waals surface area (Å²) in [5.74, 6) is 0.417. The first-order valence-electron chi connectivity index (χ1n) is 5.05. The number of hydrogen-bond donors (Lipinski definition) is 1. The van der Waals surface area contributed by atoms with Crippen LogP contribution in [0.2, 0.25) is 0 Å². The number of aliphatic hydroxyl groups is 1. The van der Waals surface area contributed by atoms with Crippen molar-refractivity contribution in [1.82, 2.24) is 4.90 Å². The van der Waals surface area contributed by atoms with E-state index in [1.807, 2.05) is 4.90 Å². The lowest BCUT2D eigenvalue weighted by molar-refractivity contribution is -0.324. The summed E-state index contributed by atoms with van der Waals surface area (Å²) >= 11 is 0. The molecule has 6 heteroatoms. The van der Waals surface area contributed by atoms with Crippen LogP contribution in [-0.2, 0) is 4.74 Å². The van der Waals surface area contributed by atoms with Crippen LogP contribution in [0.5, 0.6) is 0 Å². The van der Waals surface area contributed by atoms with Gasteiger partial charge in [0.1, 0.15) is 0 Å². The lowest BCUT2D eigenvalue weighted by Gasteiger charge is -2.16. The van der Waals surface area contributed by atoms with Crippen molar-refractivity contribution >= 4 is 0 Å². The van der Waals surface area contributed by atoms with Crippen LogP contribution in [-0.4, -0.2) is 49.2 Å². The van der Waals surface area contributed by atoms with Gasteiger partial charge in [-0.3, -0.25) is 4.74 Å². The van der Waals surface area contributed by atoms with Crippen molar-refractivity contribution in [3.63, 3.8) is 0 Å². The molecule has 0 spiro atoms. The van der Waals surface area contributed by atoms with Gasteiger partial charge in [-0.15, -0.1) is 13.2 Å². The van der Waals surface area contributed by atoms with E-state index >= 15 is 0 Å². The first-order valence-corrected chi connectivity index (χ1v) is 5.05. The Morgan fingerprint density at radius 2 is 2.13 bits per heavy atom. The molecule has 1 heterocycles. The zero-order valence-electron chi connectivity index (χ0n) is 8.46. The van der Waals surface area contributed by atoms with Crippen LogP contribution < -0.4 is 0 Å². The van der Waals surface area contributed by atoms with Crippen molar-refractivity contribution in [1.29, 1.82) is 0 Å². The summed E-state index contributed by atoms with van der Waals surface area (Å²) in [4.78, 5) is 1.94. The van der Waals surface area contributed by atoms with Gasteiger partial charge in [-0.05, 0) is 25.3 Å². The summed E-state index contributed by atoms with van der Waals surface area (Å²) in [5.41, 5.74) is 0. The third-order valence-corrected chi connectivity index (χ3v) is 2.58. The summed E-state index contributed by atoms with van der Waals surface area (Å²) in [6, 6.07) is 0. The van der Waals surface area contributed by atoms with Gasteiger partial charge in [-0.1, -0.05) is 0 Å². The SMILES string of the molecule is OCCC1CCN(CCOC(F)(F)F)C1. The molecule has 1 rings (SSSR count). The Kier molecular flexibility index (Phi) is 4.82. The summed E-state index contributed by atoms with van der Waals surface area (Å²) in [6.07, 6.45) is -2.84. The topological polar surface area (TPSA) is 32.7 Å². The lowest BCUT2D eigenvalue weighted by atomic mass is 10.1. The highest BCUT2D eigenvalue weighted by molar-refractivity contribution is 4.74. The van der Waals surface area contributed by atoms with Crippen molar-refractivity contribution in [2.75, 3.05) is 32.8 Å². The normalized spacial score (nSPS) is 23.6. The maximum absolute atomic E-state index is 11.7. The number of rotatable bonds is 5. The van der Waals surface area contributed by atoms with E-state index in [4.69, 9.17) is 5.11 Å². The first-order chi connectivity index (χ1) is 7.01. The Bertz CT molecular complexity index is 187. The molecule has 0 aliphatic carbocycles. The van der Waals surface area contributed by atoms with Crippen molar-refractivity contribution < 1.29 is 23.0 Å². The van der Waals surface area contributed by atoms with Crippen LogP contribution in [0.15, 0.2) is 0 Å². The monoisotopic (exact) mass is 227 g/mol. The molecular formula is C9H16F3NO2. The second-order valence-electron chi connectivity index (χ2n) is 3.76. The van der Waals surface area contributed by atoms with E-state index in [-0.39, 0.29) is 13.2 Å². The Balaban J connectivity index is 2.09. The molecule has 15 heavy (non-hydrogen) atoms. The Morgan fingerprint density at radius 1 is 1.40 bits per heavy atom. The average Bonchev–Trinajstić information content (AvgIpc) is 2.51. The molecule has 1 fully saturated rings. The van der Waals surface area contributed by atoms with E-state index < -0.39 is 6.36 Å². The van der Waals surface area contributed by atoms with E-state index in [1.54, 1.807) is 0 Å². The predicted molar refractivity (Wildman–Crippen MR) is 48.3 cm³/mol. The zero-order chi connectivity index (χ0) is 11.3. The molecule has 1 atom stereocenters. The van der Waals surface area contributed by atoms with Crippen LogP contribution in [0.3, 0.4) is 0 Å². The molecule has 0 amide bonds. The van der Waals surface area contributed by atoms with Crippen molar-refractivity contribution in [2.45, 2.75) is 19.2 Å². The number of halogens is 3. The van der Waals surface area contributed by atoms with Crippen molar-refractivity contribution in [3.05, 3.63) is 0 Å². The van der Waals surface area contributed by atoms with Gasteiger partial charge in [0, 0.05) is 19.7 Å². The molecule has 0 aromatic carbocycles. The zero-order valence-corrected chi connectivity index (χ0v) is 8.46. The fraction of sp³-hybridized carbons (Fsp3) is 1.00. The fourth-order valence-electron chi connectivity index (χ4n) is 1.82. The molecule has 90 valence electrons. The highest BCUT2D eigenvalue weighted by Crippen LogP contribution is 2.20. The number of alkyl halides is 3. The third-order valence-electron chi connectivity index (χ3n) is 2.58. The first kappa shape index (κ1) is 12.7. The van der Waals surface area contributed by atoms with Gasteiger partial charge in [-0.2, -0.15) is 0 Å². The highest BCUT2D eigenvalue weighted by Gasteiger charge is 2.29. The molecule has 0 aromatic heterocycles. The van der Waals surface area contributed by atoms with Crippen LogP contribution in [0.1, 0.15) is 12.8 Å². The molecular weight excluding hydrogens is 211 g/mol. The molecule has 0 saturated carbocycles. The Labute approximate surface area is 86.8 Å². The third kappa shape index (κ3) is 5.34. The summed E-state index contributed by atoms with van der Waals surface area (Å²) < 4.78 is 38.7. The standard InChI is InChI=1S/C9H16F3NO2/c10-9(11,12)15-6-4-13-3-1-8(7-13)2-5-14/h8,14H,1-7H2. The number of likely N-dealkylation sites (tertiary alicyclic amines) is 1. The maximum atomic E-state index is 11.7. The van der Waals surface area contributed by atoms with E-state index in [0.717, 1.165) is 25.9 Å². The molecule has 0 bridgehead atoms. The van der Waals surface area contributed by atoms with Crippen LogP contribution in [0.25, 0.3) is 0 Å². The quantitative estimate of drug-likeness (QED) is 0.766. The van der Waals surface area contributed by atoms with Crippen LogP contribution in [0, 0.1) is 5.92 Å². The highest BCUT2D eigenvalue weighted by atomic mass is 19.4. The number of hydrogen-bond acceptors (Lipinski definition) is 3. The van der Waals surface area contributed by atoms with Gasteiger partial charge in [0.15, 0.2) is 0 Å². The molecule has 1 unspecified atom stereocenters. The number of nitrogens with zero attached hydrogens (tertiary/aromatic N) is 1. The molecule has 0 radical (unpaired) electrons. The van der Waals surface area contributed by atoms with Crippen LogP contribution in [0.4, 0.5) is 13.2 Å². The second kappa shape index (κ2) is 5.67. The van der Waals surface area contributed by atoms with Crippen LogP contribution >= 0.6 is 0 Å². The molecule has 0 aromatic rings. The van der Waals surface area contributed by atoms with E-state index in [9.17, 15) is 13.2 Å². The van der Waals surface area contributed by atoms with E-state index in [2.05, 4.69) is 4.74 Å². The largest absolute Gasteiger partial charge is 0.522 e. The van der Waals surface area contributed by atoms with Crippen molar-refractivity contribution in [3.8, 4) is 0 Å². The van der Waals surface area contributed by atoms with Gasteiger partial charge in [0.25, 0.3) is 0 Å². The summed E-state index contributed by atoms with van der Waals surface area (Å²) in [5, 5.41) is 8.70. The minimum Gasteiger partial charge on any atom is -0.396 e. The molecule has 1 saturated heterocycles. The average molecular weight is 227 g/mol. The number of ether oxygens (including phenoxy) is 1. The molecule has 1 aliphatic rings. The van der Waals surface area contributed by atoms with E-state index in [0.29, 0.717) is 12.5 Å². The lowest BCUT2D eigenvalue weighted by Crippen LogP contribution is -2.28. The van der Waals surface area contributed by atoms with Gasteiger partial charge in [-0.25, -0.2) is 0 Å². The minimum absolute atomic E-state index is 0.150. The smallest absolute Gasteiger partial charge is 0.396 e. The summed E-state index contributed by atoms with van der Waals surface area (Å²) in [7, 11) is 0. The van der Waals surface area contributed by atoms with E-state index in [1.165, 1.54) is 0 Å². The summed E-state index contributed by atoms with van der Waals surface area (Å²) in [6.45, 7) is 1.71. The Morgan fingerprint density at radius 3 is 2.73 bits per heavy atom. The maximum Gasteiger partial charge on any atom is 0.522 e. The van der Waals surface area contributed by atoms with Gasteiger partial charge in [0.2, 0.25) is 0 Å². The predicted octanol–water partition coefficient (Wildman–Crippen LogP) is 1.23. The second-order valence-corrected chi connectivity index (χ2v) is 3.76. The van der Waals surface area contributed by atoms with Gasteiger partial charge >= 0.3 is 6.36 Å². The van der Waals surface area contributed by atoms with Gasteiger partial charge < -0.3 is 10.0 Å². The van der Waals surface area contributed by atoms with Gasteiger partial charge in [0.05, 0.1) is 6.61 Å². The Hall–Kier alpha value is -0.330. The fourth-order valence-corrected chi connectivity index (χ4v) is 1.82.